The molecule has 0 aromatic heterocycles. The second-order valence-corrected chi connectivity index (χ2v) is 1.87. The molecule has 0 aromatic carbocycles. The number of azide groups is 1. The van der Waals surface area contributed by atoms with Crippen LogP contribution in [-0.2, 0) is 9.47 Å². The molecule has 0 saturated carbocycles. The first-order chi connectivity index (χ1) is 5.31. The summed E-state index contributed by atoms with van der Waals surface area (Å²) in [5.41, 5.74) is 7.99. The molecule has 0 fully saturated rings. The minimum Gasteiger partial charge on any atom is -0.379 e. The molecule has 0 heterocycles. The molecule has 0 bridgehead atoms. The van der Waals surface area contributed by atoms with E-state index >= 15 is 0 Å². The number of hydrogen-bond acceptors (Lipinski definition) is 3. The molecule has 0 aliphatic rings. The lowest BCUT2D eigenvalue weighted by Gasteiger charge is -2.05. The lowest BCUT2D eigenvalue weighted by atomic mass is 10.6. The first kappa shape index (κ1) is 10.2. The molecule has 0 spiro atoms. The van der Waals surface area contributed by atoms with Crippen molar-refractivity contribution in [3.63, 3.8) is 0 Å². The molecule has 0 amide bonds. The zero-order valence-electron chi connectivity index (χ0n) is 6.86. The Kier molecular flexibility index (Phi) is 6.82. The average Bonchev–Trinajstić information content (AvgIpc) is 1.99. The number of ether oxygens (including phenoxy) is 2. The van der Waals surface area contributed by atoms with Crippen molar-refractivity contribution in [2.75, 3.05) is 19.8 Å². The van der Waals surface area contributed by atoms with E-state index in [0.29, 0.717) is 19.8 Å². The minimum atomic E-state index is -0.402. The van der Waals surface area contributed by atoms with Gasteiger partial charge in [-0.05, 0) is 19.4 Å². The van der Waals surface area contributed by atoms with Gasteiger partial charge in [0, 0.05) is 11.5 Å². The van der Waals surface area contributed by atoms with Gasteiger partial charge in [-0.25, -0.2) is 0 Å². The van der Waals surface area contributed by atoms with E-state index in [0.717, 1.165) is 0 Å². The third-order valence-corrected chi connectivity index (χ3v) is 1.01. The van der Waals surface area contributed by atoms with Crippen molar-refractivity contribution in [2.45, 2.75) is 20.1 Å². The van der Waals surface area contributed by atoms with E-state index in [-0.39, 0.29) is 0 Å². The monoisotopic (exact) mass is 159 g/mol. The summed E-state index contributed by atoms with van der Waals surface area (Å²) in [4.78, 5) is 2.59. The fraction of sp³-hybridized carbons (Fsp3) is 1.00. The maximum atomic E-state index is 7.99. The van der Waals surface area contributed by atoms with Gasteiger partial charge in [0.1, 0.15) is 6.23 Å². The number of nitrogens with zero attached hydrogens (tertiary/aromatic N) is 3. The number of hydrogen-bond donors (Lipinski definition) is 0. The van der Waals surface area contributed by atoms with Crippen molar-refractivity contribution in [3.8, 4) is 0 Å². The van der Waals surface area contributed by atoms with Gasteiger partial charge >= 0.3 is 0 Å². The van der Waals surface area contributed by atoms with Crippen LogP contribution in [0.25, 0.3) is 10.4 Å². The van der Waals surface area contributed by atoms with E-state index < -0.39 is 6.23 Å². The quantitative estimate of drug-likeness (QED) is 0.256. The van der Waals surface area contributed by atoms with E-state index in [4.69, 9.17) is 15.0 Å². The molecule has 1 unspecified atom stereocenters. The van der Waals surface area contributed by atoms with E-state index in [1.807, 2.05) is 6.92 Å². The highest BCUT2D eigenvalue weighted by atomic mass is 16.5. The molecule has 11 heavy (non-hydrogen) atoms. The second kappa shape index (κ2) is 7.34. The van der Waals surface area contributed by atoms with Crippen LogP contribution in [0, 0.1) is 0 Å². The largest absolute Gasteiger partial charge is 0.379 e. The maximum Gasteiger partial charge on any atom is 0.133 e. The minimum absolute atomic E-state index is 0.402. The van der Waals surface area contributed by atoms with Crippen molar-refractivity contribution in [1.82, 2.24) is 0 Å². The van der Waals surface area contributed by atoms with Crippen molar-refractivity contribution < 1.29 is 9.47 Å². The molecule has 64 valence electrons. The fourth-order valence-corrected chi connectivity index (χ4v) is 0.528. The SMILES string of the molecule is CCOCCOC(C)N=[N+]=[N-]. The lowest BCUT2D eigenvalue weighted by Crippen LogP contribution is -2.09. The normalized spacial score (nSPS) is 12.2. The Morgan fingerprint density at radius 3 is 2.82 bits per heavy atom. The third-order valence-electron chi connectivity index (χ3n) is 1.01. The van der Waals surface area contributed by atoms with E-state index in [1.165, 1.54) is 0 Å². The molecular formula is C6H13N3O2. The fourth-order valence-electron chi connectivity index (χ4n) is 0.528. The number of rotatable bonds is 6. The van der Waals surface area contributed by atoms with Crippen molar-refractivity contribution in [2.24, 2.45) is 5.11 Å². The molecular weight excluding hydrogens is 146 g/mol. The van der Waals surface area contributed by atoms with Gasteiger partial charge in [0.15, 0.2) is 0 Å². The van der Waals surface area contributed by atoms with Gasteiger partial charge in [-0.3, -0.25) is 0 Å². The molecule has 5 heteroatoms. The zero-order chi connectivity index (χ0) is 8.53. The molecule has 0 rings (SSSR count). The summed E-state index contributed by atoms with van der Waals surface area (Å²) in [6.07, 6.45) is -0.402. The van der Waals surface area contributed by atoms with Crippen LogP contribution in [0.1, 0.15) is 13.8 Å². The highest BCUT2D eigenvalue weighted by Gasteiger charge is 1.95. The van der Waals surface area contributed by atoms with Gasteiger partial charge < -0.3 is 9.47 Å². The second-order valence-electron chi connectivity index (χ2n) is 1.87. The lowest BCUT2D eigenvalue weighted by molar-refractivity contribution is 0.0184. The summed E-state index contributed by atoms with van der Waals surface area (Å²) in [7, 11) is 0. The van der Waals surface area contributed by atoms with Crippen LogP contribution in [0.2, 0.25) is 0 Å². The third kappa shape index (κ3) is 7.12. The molecule has 0 saturated heterocycles. The Bertz CT molecular complexity index is 134. The first-order valence-corrected chi connectivity index (χ1v) is 3.54. The van der Waals surface area contributed by atoms with Crippen LogP contribution in [0.15, 0.2) is 5.11 Å². The van der Waals surface area contributed by atoms with Gasteiger partial charge in [0.05, 0.1) is 13.2 Å². The molecule has 5 nitrogen and oxygen atoms in total. The molecule has 0 radical (unpaired) electrons. The maximum absolute atomic E-state index is 7.99. The first-order valence-electron chi connectivity index (χ1n) is 3.54. The summed E-state index contributed by atoms with van der Waals surface area (Å²) < 4.78 is 10.0. The summed E-state index contributed by atoms with van der Waals surface area (Å²) in [6.45, 7) is 5.29. The summed E-state index contributed by atoms with van der Waals surface area (Å²) in [6, 6.07) is 0. The van der Waals surface area contributed by atoms with Gasteiger partial charge in [-0.1, -0.05) is 5.11 Å². The summed E-state index contributed by atoms with van der Waals surface area (Å²) in [5.74, 6) is 0. The topological polar surface area (TPSA) is 67.2 Å². The Morgan fingerprint density at radius 1 is 1.55 bits per heavy atom. The standard InChI is InChI=1S/C6H13N3O2/c1-3-10-4-5-11-6(2)8-9-7/h6H,3-5H2,1-2H3. The molecule has 1 atom stereocenters. The predicted octanol–water partition coefficient (Wildman–Crippen LogP) is 1.70. The van der Waals surface area contributed by atoms with Gasteiger partial charge in [0.25, 0.3) is 0 Å². The predicted molar refractivity (Wildman–Crippen MR) is 41.1 cm³/mol. The van der Waals surface area contributed by atoms with E-state index in [1.54, 1.807) is 6.92 Å². The molecule has 0 aliphatic heterocycles. The van der Waals surface area contributed by atoms with Gasteiger partial charge in [-0.2, -0.15) is 0 Å². The van der Waals surface area contributed by atoms with E-state index in [2.05, 4.69) is 10.0 Å². The Labute approximate surface area is 65.9 Å². The highest BCUT2D eigenvalue weighted by Crippen LogP contribution is 1.91. The highest BCUT2D eigenvalue weighted by molar-refractivity contribution is 4.47. The summed E-state index contributed by atoms with van der Waals surface area (Å²) >= 11 is 0. The van der Waals surface area contributed by atoms with Crippen LogP contribution in [0.4, 0.5) is 0 Å². The molecule has 0 aliphatic carbocycles. The smallest absolute Gasteiger partial charge is 0.133 e. The van der Waals surface area contributed by atoms with Crippen LogP contribution in [0.3, 0.4) is 0 Å². The van der Waals surface area contributed by atoms with Crippen LogP contribution in [-0.4, -0.2) is 26.0 Å². The van der Waals surface area contributed by atoms with Crippen LogP contribution < -0.4 is 0 Å². The Balaban J connectivity index is 3.17. The molecule has 0 N–H and O–H groups in total. The zero-order valence-corrected chi connectivity index (χ0v) is 6.86. The van der Waals surface area contributed by atoms with E-state index in [9.17, 15) is 0 Å². The van der Waals surface area contributed by atoms with Gasteiger partial charge in [-0.15, -0.1) is 0 Å². The van der Waals surface area contributed by atoms with Gasteiger partial charge in [0.2, 0.25) is 0 Å². The van der Waals surface area contributed by atoms with Crippen LogP contribution in [0.5, 0.6) is 0 Å². The van der Waals surface area contributed by atoms with Crippen molar-refractivity contribution in [3.05, 3.63) is 10.4 Å². The Hall–Kier alpha value is -0.770. The Morgan fingerprint density at radius 2 is 2.27 bits per heavy atom. The average molecular weight is 159 g/mol. The van der Waals surface area contributed by atoms with Crippen molar-refractivity contribution in [1.29, 1.82) is 0 Å². The van der Waals surface area contributed by atoms with Crippen molar-refractivity contribution >= 4 is 0 Å². The van der Waals surface area contributed by atoms with Crippen LogP contribution >= 0.6 is 0 Å². The molecule has 0 aromatic rings. The summed E-state index contributed by atoms with van der Waals surface area (Å²) in [5, 5.41) is 3.32.